The molecule has 1 aliphatic rings. The average molecular weight is 300 g/mol. The molecule has 0 spiro atoms. The molecule has 0 aliphatic carbocycles. The van der Waals surface area contributed by atoms with Gasteiger partial charge in [-0.25, -0.2) is 4.68 Å². The van der Waals surface area contributed by atoms with Crippen molar-refractivity contribution in [3.63, 3.8) is 0 Å². The second-order valence-electron chi connectivity index (χ2n) is 6.36. The van der Waals surface area contributed by atoms with Gasteiger partial charge in [0.25, 0.3) is 0 Å². The van der Waals surface area contributed by atoms with E-state index in [0.29, 0.717) is 11.6 Å². The standard InChI is InChI=1S/C17H24N4O/c1-13(2)11-17-16(12-22)18-19-21(17)15-7-5-14(6-8-15)20-9-3-4-10-20/h5-8,13,22H,3-4,9-12H2,1-2H3. The Morgan fingerprint density at radius 2 is 1.73 bits per heavy atom. The van der Waals surface area contributed by atoms with Gasteiger partial charge in [-0.3, -0.25) is 0 Å². The molecule has 2 aromatic rings. The normalized spacial score (nSPS) is 15.0. The van der Waals surface area contributed by atoms with Crippen LogP contribution in [0.2, 0.25) is 0 Å². The van der Waals surface area contributed by atoms with Gasteiger partial charge < -0.3 is 10.0 Å². The van der Waals surface area contributed by atoms with E-state index in [-0.39, 0.29) is 6.61 Å². The van der Waals surface area contributed by atoms with Gasteiger partial charge in [0.05, 0.1) is 18.0 Å². The van der Waals surface area contributed by atoms with E-state index in [0.717, 1.165) is 30.9 Å². The molecule has 118 valence electrons. The third-order valence-corrected chi connectivity index (χ3v) is 4.16. The number of aliphatic hydroxyl groups excluding tert-OH is 1. The number of anilines is 1. The molecule has 1 aromatic carbocycles. The molecule has 0 saturated carbocycles. The highest BCUT2D eigenvalue weighted by molar-refractivity contribution is 5.51. The van der Waals surface area contributed by atoms with Crippen LogP contribution in [0.5, 0.6) is 0 Å². The van der Waals surface area contributed by atoms with Crippen LogP contribution in [0.3, 0.4) is 0 Å². The molecular weight excluding hydrogens is 276 g/mol. The summed E-state index contributed by atoms with van der Waals surface area (Å²) in [5.74, 6) is 0.492. The molecule has 5 heteroatoms. The van der Waals surface area contributed by atoms with Gasteiger partial charge in [0.1, 0.15) is 5.69 Å². The lowest BCUT2D eigenvalue weighted by atomic mass is 10.1. The lowest BCUT2D eigenvalue weighted by Crippen LogP contribution is -2.17. The molecular formula is C17H24N4O. The van der Waals surface area contributed by atoms with Gasteiger partial charge in [-0.15, -0.1) is 5.10 Å². The summed E-state index contributed by atoms with van der Waals surface area (Å²) < 4.78 is 1.86. The average Bonchev–Trinajstić information content (AvgIpc) is 3.16. The number of benzene rings is 1. The number of hydrogen-bond acceptors (Lipinski definition) is 4. The van der Waals surface area contributed by atoms with Crippen LogP contribution in [0.4, 0.5) is 5.69 Å². The van der Waals surface area contributed by atoms with Crippen LogP contribution < -0.4 is 4.90 Å². The lowest BCUT2D eigenvalue weighted by molar-refractivity contribution is 0.275. The van der Waals surface area contributed by atoms with E-state index in [2.05, 4.69) is 53.3 Å². The summed E-state index contributed by atoms with van der Waals surface area (Å²) in [4.78, 5) is 2.42. The molecule has 0 atom stereocenters. The lowest BCUT2D eigenvalue weighted by Gasteiger charge is -2.18. The summed E-state index contributed by atoms with van der Waals surface area (Å²) in [5.41, 5.74) is 3.96. The van der Waals surface area contributed by atoms with Crippen molar-refractivity contribution in [1.82, 2.24) is 15.0 Å². The van der Waals surface area contributed by atoms with E-state index in [4.69, 9.17) is 0 Å². The highest BCUT2D eigenvalue weighted by Gasteiger charge is 2.16. The molecule has 1 fully saturated rings. The fraction of sp³-hybridized carbons (Fsp3) is 0.529. The Morgan fingerprint density at radius 1 is 1.09 bits per heavy atom. The third kappa shape index (κ3) is 2.99. The topological polar surface area (TPSA) is 54.2 Å². The van der Waals surface area contributed by atoms with Crippen molar-refractivity contribution in [2.75, 3.05) is 18.0 Å². The molecule has 2 heterocycles. The summed E-state index contributed by atoms with van der Waals surface area (Å²) in [6, 6.07) is 8.49. The Hall–Kier alpha value is -1.88. The van der Waals surface area contributed by atoms with Crippen LogP contribution in [0.1, 0.15) is 38.1 Å². The van der Waals surface area contributed by atoms with Crippen molar-refractivity contribution < 1.29 is 5.11 Å². The van der Waals surface area contributed by atoms with Crippen molar-refractivity contribution in [2.24, 2.45) is 5.92 Å². The van der Waals surface area contributed by atoms with Crippen molar-refractivity contribution >= 4 is 5.69 Å². The second kappa shape index (κ2) is 6.48. The van der Waals surface area contributed by atoms with E-state index in [1.54, 1.807) is 0 Å². The zero-order valence-corrected chi connectivity index (χ0v) is 13.4. The van der Waals surface area contributed by atoms with E-state index in [9.17, 15) is 5.11 Å². The predicted octanol–water partition coefficient (Wildman–Crippen LogP) is 2.56. The first kappa shape index (κ1) is 15.0. The van der Waals surface area contributed by atoms with Gasteiger partial charge in [-0.2, -0.15) is 0 Å². The minimum Gasteiger partial charge on any atom is -0.390 e. The van der Waals surface area contributed by atoms with Crippen LogP contribution in [-0.2, 0) is 13.0 Å². The molecule has 5 nitrogen and oxygen atoms in total. The second-order valence-corrected chi connectivity index (χ2v) is 6.36. The Bertz CT molecular complexity index is 612. The summed E-state index contributed by atoms with van der Waals surface area (Å²) in [6.07, 6.45) is 3.42. The van der Waals surface area contributed by atoms with Crippen molar-refractivity contribution in [2.45, 2.75) is 39.7 Å². The zero-order chi connectivity index (χ0) is 15.5. The first-order valence-electron chi connectivity index (χ1n) is 8.08. The van der Waals surface area contributed by atoms with Crippen molar-refractivity contribution in [3.8, 4) is 5.69 Å². The van der Waals surface area contributed by atoms with Crippen LogP contribution in [-0.4, -0.2) is 33.2 Å². The highest BCUT2D eigenvalue weighted by Crippen LogP contribution is 2.23. The van der Waals surface area contributed by atoms with Crippen LogP contribution in [0, 0.1) is 5.92 Å². The Kier molecular flexibility index (Phi) is 4.43. The summed E-state index contributed by atoms with van der Waals surface area (Å²) >= 11 is 0. The third-order valence-electron chi connectivity index (χ3n) is 4.16. The number of aromatic nitrogens is 3. The minimum absolute atomic E-state index is 0.0616. The molecule has 0 amide bonds. The van der Waals surface area contributed by atoms with Gasteiger partial charge in [0, 0.05) is 18.8 Å². The zero-order valence-electron chi connectivity index (χ0n) is 13.4. The molecule has 1 N–H and O–H groups in total. The maximum Gasteiger partial charge on any atom is 0.112 e. The first-order valence-corrected chi connectivity index (χ1v) is 8.08. The predicted molar refractivity (Wildman–Crippen MR) is 87.3 cm³/mol. The highest BCUT2D eigenvalue weighted by atomic mass is 16.3. The first-order chi connectivity index (χ1) is 10.7. The van der Waals surface area contributed by atoms with Crippen LogP contribution in [0.15, 0.2) is 24.3 Å². The van der Waals surface area contributed by atoms with Gasteiger partial charge in [0.15, 0.2) is 0 Å². The molecule has 0 radical (unpaired) electrons. The number of nitrogens with zero attached hydrogens (tertiary/aromatic N) is 4. The fourth-order valence-electron chi connectivity index (χ4n) is 3.03. The van der Waals surface area contributed by atoms with Gasteiger partial charge in [-0.1, -0.05) is 19.1 Å². The summed E-state index contributed by atoms with van der Waals surface area (Å²) in [6.45, 7) is 6.56. The van der Waals surface area contributed by atoms with E-state index in [1.807, 2.05) is 4.68 Å². The SMILES string of the molecule is CC(C)Cc1c(CO)nnn1-c1ccc(N2CCCC2)cc1. The number of aliphatic hydroxyl groups is 1. The Morgan fingerprint density at radius 3 is 2.32 bits per heavy atom. The van der Waals surface area contributed by atoms with E-state index in [1.165, 1.54) is 18.5 Å². The summed E-state index contributed by atoms with van der Waals surface area (Å²) in [5, 5.41) is 17.8. The monoisotopic (exact) mass is 300 g/mol. The molecule has 1 saturated heterocycles. The largest absolute Gasteiger partial charge is 0.390 e. The van der Waals surface area contributed by atoms with E-state index >= 15 is 0 Å². The Labute approximate surface area is 131 Å². The van der Waals surface area contributed by atoms with Gasteiger partial charge in [0.2, 0.25) is 0 Å². The molecule has 22 heavy (non-hydrogen) atoms. The smallest absolute Gasteiger partial charge is 0.112 e. The number of hydrogen-bond donors (Lipinski definition) is 1. The molecule has 3 rings (SSSR count). The number of rotatable bonds is 5. The maximum atomic E-state index is 9.46. The maximum absolute atomic E-state index is 9.46. The van der Waals surface area contributed by atoms with Crippen LogP contribution in [0.25, 0.3) is 5.69 Å². The van der Waals surface area contributed by atoms with Crippen LogP contribution >= 0.6 is 0 Å². The van der Waals surface area contributed by atoms with Gasteiger partial charge >= 0.3 is 0 Å². The fourth-order valence-corrected chi connectivity index (χ4v) is 3.03. The molecule has 1 aliphatic heterocycles. The van der Waals surface area contributed by atoms with Crippen molar-refractivity contribution in [1.29, 1.82) is 0 Å². The summed E-state index contributed by atoms with van der Waals surface area (Å²) in [7, 11) is 0. The molecule has 1 aromatic heterocycles. The van der Waals surface area contributed by atoms with E-state index < -0.39 is 0 Å². The molecule has 0 bridgehead atoms. The molecule has 0 unspecified atom stereocenters. The van der Waals surface area contributed by atoms with Gasteiger partial charge in [-0.05, 0) is 49.4 Å². The quantitative estimate of drug-likeness (QED) is 0.922. The Balaban J connectivity index is 1.88. The van der Waals surface area contributed by atoms with Crippen molar-refractivity contribution in [3.05, 3.63) is 35.7 Å². The minimum atomic E-state index is -0.0616.